The molecule has 0 aliphatic rings. The number of carbonyl (C=O) groups is 1. The van der Waals surface area contributed by atoms with Gasteiger partial charge in [-0.3, -0.25) is 4.98 Å². The molecule has 0 aliphatic carbocycles. The second-order valence-electron chi connectivity index (χ2n) is 5.99. The minimum absolute atomic E-state index is 0.394. The fourth-order valence-electron chi connectivity index (χ4n) is 2.28. The van der Waals surface area contributed by atoms with Crippen LogP contribution in [-0.2, 0) is 10.3 Å². The maximum Gasteiger partial charge on any atom is 0.339 e. The van der Waals surface area contributed by atoms with Gasteiger partial charge in [0.15, 0.2) is 0 Å². The van der Waals surface area contributed by atoms with Crippen LogP contribution in [0.4, 0.5) is 0 Å². The number of hydrogen-bond donors (Lipinski definition) is 1. The molecule has 120 valence electrons. The number of aryl methyl sites for hydroxylation is 1. The zero-order valence-corrected chi connectivity index (χ0v) is 13.9. The zero-order valence-electron chi connectivity index (χ0n) is 13.9. The maximum absolute atomic E-state index is 11.5. The first-order valence-electron chi connectivity index (χ1n) is 7.31. The van der Waals surface area contributed by atoms with Gasteiger partial charge in [-0.05, 0) is 55.7 Å². The van der Waals surface area contributed by atoms with Crippen molar-refractivity contribution in [2.45, 2.75) is 26.4 Å². The van der Waals surface area contributed by atoms with E-state index < -0.39 is 11.6 Å². The number of aromatic nitrogens is 1. The lowest BCUT2D eigenvalue weighted by molar-refractivity contribution is 0.0600. The van der Waals surface area contributed by atoms with Gasteiger partial charge in [0.1, 0.15) is 0 Å². The minimum atomic E-state index is -0.926. The second kappa shape index (κ2) is 6.34. The summed E-state index contributed by atoms with van der Waals surface area (Å²) in [6, 6.07) is 9.18. The highest BCUT2D eigenvalue weighted by molar-refractivity contribution is 5.89. The average molecular weight is 311 g/mol. The molecule has 4 heteroatoms. The molecule has 0 fully saturated rings. The Morgan fingerprint density at radius 1 is 1.26 bits per heavy atom. The summed E-state index contributed by atoms with van der Waals surface area (Å²) in [6.07, 6.45) is 1.47. The van der Waals surface area contributed by atoms with Crippen LogP contribution in [0.3, 0.4) is 0 Å². The first-order valence-corrected chi connectivity index (χ1v) is 7.31. The number of carbonyl (C=O) groups excluding carboxylic acids is 1. The smallest absolute Gasteiger partial charge is 0.339 e. The van der Waals surface area contributed by atoms with Crippen LogP contribution in [0.1, 0.15) is 46.6 Å². The molecule has 1 aromatic carbocycles. The first-order chi connectivity index (χ1) is 10.7. The molecule has 4 nitrogen and oxygen atoms in total. The van der Waals surface area contributed by atoms with E-state index in [-0.39, 0.29) is 0 Å². The molecule has 1 heterocycles. The number of hydrogen-bond acceptors (Lipinski definition) is 4. The minimum Gasteiger partial charge on any atom is -0.465 e. The van der Waals surface area contributed by atoms with Gasteiger partial charge in [-0.25, -0.2) is 4.79 Å². The van der Waals surface area contributed by atoms with E-state index in [1.807, 2.05) is 25.1 Å². The van der Waals surface area contributed by atoms with Crippen molar-refractivity contribution >= 4 is 11.5 Å². The normalized spacial score (nSPS) is 11.2. The Balaban J connectivity index is 2.39. The summed E-state index contributed by atoms with van der Waals surface area (Å²) in [5, 5.41) is 10.2. The molecular formula is C19H21NO3. The number of methoxy groups -OCH3 is 1. The summed E-state index contributed by atoms with van der Waals surface area (Å²) < 4.78 is 4.66. The van der Waals surface area contributed by atoms with E-state index in [1.54, 1.807) is 26.0 Å². The molecule has 0 amide bonds. The van der Waals surface area contributed by atoms with Gasteiger partial charge in [0.2, 0.25) is 0 Å². The van der Waals surface area contributed by atoms with E-state index in [0.29, 0.717) is 11.3 Å². The van der Waals surface area contributed by atoms with E-state index in [9.17, 15) is 9.90 Å². The van der Waals surface area contributed by atoms with Crippen molar-refractivity contribution in [3.05, 3.63) is 71.1 Å². The summed E-state index contributed by atoms with van der Waals surface area (Å²) in [4.78, 5) is 15.8. The highest BCUT2D eigenvalue weighted by Gasteiger charge is 2.18. The number of esters is 1. The molecule has 23 heavy (non-hydrogen) atoms. The molecule has 0 spiro atoms. The van der Waals surface area contributed by atoms with Gasteiger partial charge in [0.25, 0.3) is 0 Å². The highest BCUT2D eigenvalue weighted by atomic mass is 16.5. The number of aliphatic hydroxyl groups is 1. The molecule has 0 unspecified atom stereocenters. The molecule has 0 bridgehead atoms. The van der Waals surface area contributed by atoms with Crippen molar-refractivity contribution in [3.63, 3.8) is 0 Å². The molecule has 1 aromatic heterocycles. The average Bonchev–Trinajstić information content (AvgIpc) is 2.53. The van der Waals surface area contributed by atoms with Crippen LogP contribution in [0.25, 0.3) is 5.57 Å². The van der Waals surface area contributed by atoms with Crippen LogP contribution in [0.15, 0.2) is 43.1 Å². The summed E-state index contributed by atoms with van der Waals surface area (Å²) in [6.45, 7) is 9.58. The number of rotatable bonds is 4. The number of pyridine rings is 1. The summed E-state index contributed by atoms with van der Waals surface area (Å²) in [5.41, 5.74) is 3.66. The van der Waals surface area contributed by atoms with Crippen molar-refractivity contribution in [2.75, 3.05) is 7.11 Å². The van der Waals surface area contributed by atoms with Crippen LogP contribution in [-0.4, -0.2) is 23.2 Å². The van der Waals surface area contributed by atoms with Crippen molar-refractivity contribution in [3.8, 4) is 0 Å². The second-order valence-corrected chi connectivity index (χ2v) is 5.99. The summed E-state index contributed by atoms with van der Waals surface area (Å²) in [7, 11) is 1.33. The van der Waals surface area contributed by atoms with Crippen LogP contribution < -0.4 is 0 Å². The van der Waals surface area contributed by atoms with Crippen molar-refractivity contribution in [1.82, 2.24) is 4.98 Å². The lowest BCUT2D eigenvalue weighted by atomic mass is 9.91. The molecule has 2 aromatic rings. The van der Waals surface area contributed by atoms with Crippen molar-refractivity contribution in [2.24, 2.45) is 0 Å². The Kier molecular flexibility index (Phi) is 4.66. The first kappa shape index (κ1) is 16.9. The molecular weight excluding hydrogens is 290 g/mol. The predicted molar refractivity (Wildman–Crippen MR) is 90.1 cm³/mol. The quantitative estimate of drug-likeness (QED) is 0.878. The fourth-order valence-corrected chi connectivity index (χ4v) is 2.28. The van der Waals surface area contributed by atoms with Crippen LogP contribution >= 0.6 is 0 Å². The van der Waals surface area contributed by atoms with Gasteiger partial charge in [-0.2, -0.15) is 0 Å². The molecule has 0 radical (unpaired) electrons. The van der Waals surface area contributed by atoms with Gasteiger partial charge in [0.05, 0.1) is 24.0 Å². The highest BCUT2D eigenvalue weighted by Crippen LogP contribution is 2.28. The maximum atomic E-state index is 11.5. The van der Waals surface area contributed by atoms with Gasteiger partial charge >= 0.3 is 5.97 Å². The Labute approximate surface area is 136 Å². The Morgan fingerprint density at radius 3 is 2.48 bits per heavy atom. The third-order valence-electron chi connectivity index (χ3n) is 3.76. The van der Waals surface area contributed by atoms with E-state index >= 15 is 0 Å². The topological polar surface area (TPSA) is 59.4 Å². The molecule has 2 rings (SSSR count). The summed E-state index contributed by atoms with van der Waals surface area (Å²) in [5.74, 6) is -0.421. The molecule has 0 saturated carbocycles. The molecule has 0 saturated heterocycles. The lowest BCUT2D eigenvalue weighted by Crippen LogP contribution is -2.15. The van der Waals surface area contributed by atoms with Crippen LogP contribution in [0.2, 0.25) is 0 Å². The van der Waals surface area contributed by atoms with Gasteiger partial charge < -0.3 is 9.84 Å². The molecule has 0 aliphatic heterocycles. The Hall–Kier alpha value is -2.46. The van der Waals surface area contributed by atoms with E-state index in [2.05, 4.69) is 16.3 Å². The van der Waals surface area contributed by atoms with E-state index in [1.165, 1.54) is 13.3 Å². The Bertz CT molecular complexity index is 740. The lowest BCUT2D eigenvalue weighted by Gasteiger charge is -2.20. The van der Waals surface area contributed by atoms with Crippen LogP contribution in [0.5, 0.6) is 0 Å². The number of nitrogens with zero attached hydrogens (tertiary/aromatic N) is 1. The number of benzene rings is 1. The fraction of sp³-hybridized carbons (Fsp3) is 0.263. The predicted octanol–water partition coefficient (Wildman–Crippen LogP) is 3.47. The van der Waals surface area contributed by atoms with Gasteiger partial charge in [-0.1, -0.05) is 18.7 Å². The van der Waals surface area contributed by atoms with Gasteiger partial charge in [0, 0.05) is 11.8 Å². The third-order valence-corrected chi connectivity index (χ3v) is 3.76. The van der Waals surface area contributed by atoms with E-state index in [4.69, 9.17) is 0 Å². The zero-order chi connectivity index (χ0) is 17.2. The summed E-state index contributed by atoms with van der Waals surface area (Å²) >= 11 is 0. The SMILES string of the molecule is C=C(c1ccc(C(=O)OC)cn1)c1cc(C(C)(C)O)ccc1C. The van der Waals surface area contributed by atoms with E-state index in [0.717, 1.165) is 22.3 Å². The van der Waals surface area contributed by atoms with Crippen LogP contribution in [0, 0.1) is 6.92 Å². The third kappa shape index (κ3) is 3.66. The monoisotopic (exact) mass is 311 g/mol. The number of ether oxygens (including phenoxy) is 1. The largest absolute Gasteiger partial charge is 0.465 e. The Morgan fingerprint density at radius 2 is 1.96 bits per heavy atom. The molecule has 1 N–H and O–H groups in total. The standard InChI is InChI=1S/C19H21NO3/c1-12-6-8-15(19(3,4)22)10-16(12)13(2)17-9-7-14(11-20-17)18(21)23-5/h6-11,22H,2H2,1,3-5H3. The van der Waals surface area contributed by atoms with Crippen molar-refractivity contribution < 1.29 is 14.6 Å². The van der Waals surface area contributed by atoms with Crippen molar-refractivity contribution in [1.29, 1.82) is 0 Å². The molecule has 0 atom stereocenters. The van der Waals surface area contributed by atoms with Gasteiger partial charge in [-0.15, -0.1) is 0 Å².